The van der Waals surface area contributed by atoms with Crippen molar-refractivity contribution >= 4 is 0 Å². The third-order valence-corrected chi connectivity index (χ3v) is 7.89. The highest BCUT2D eigenvalue weighted by Crippen LogP contribution is 2.42. The van der Waals surface area contributed by atoms with Crippen molar-refractivity contribution < 1.29 is 20.1 Å². The summed E-state index contributed by atoms with van der Waals surface area (Å²) in [5.74, 6) is -0.363. The normalized spacial score (nSPS) is 22.6. The molecule has 4 nitrogen and oxygen atoms in total. The maximum atomic E-state index is 10.8. The fourth-order valence-electron chi connectivity index (χ4n) is 5.85. The number of unbranched alkanes of at least 4 members (excludes halogenated alkanes) is 2. The van der Waals surface area contributed by atoms with Crippen LogP contribution in [0.5, 0.6) is 0 Å². The fourth-order valence-corrected chi connectivity index (χ4v) is 5.85. The van der Waals surface area contributed by atoms with Gasteiger partial charge in [0.25, 0.3) is 0 Å². The van der Waals surface area contributed by atoms with Gasteiger partial charge in [-0.2, -0.15) is 0 Å². The standard InChI is InChI=1S/C34H42O4/c1-2-3-7-20-29(35)21-22-30-31(33(37)25-32(30)36)23-24-38-34(26-14-8-4-9-15-26,27-16-10-5-11-17-27)28-18-12-6-13-19-28/h4-6,8-19,21-22,29-33,35-37H,2-3,7,20,23-25H2,1H3/b22-21+/t29-,30-,31-,32+,33-/m1/s1. The van der Waals surface area contributed by atoms with Gasteiger partial charge in [-0.3, -0.25) is 0 Å². The van der Waals surface area contributed by atoms with Crippen molar-refractivity contribution in [1.82, 2.24) is 0 Å². The van der Waals surface area contributed by atoms with E-state index in [2.05, 4.69) is 43.3 Å². The molecule has 0 aliphatic heterocycles. The minimum absolute atomic E-state index is 0.149. The number of ether oxygens (including phenoxy) is 1. The summed E-state index contributed by atoms with van der Waals surface area (Å²) in [5.41, 5.74) is 2.30. The Morgan fingerprint density at radius 1 is 0.816 bits per heavy atom. The second-order valence-electron chi connectivity index (χ2n) is 10.5. The van der Waals surface area contributed by atoms with E-state index in [4.69, 9.17) is 4.74 Å². The second-order valence-corrected chi connectivity index (χ2v) is 10.5. The lowest BCUT2D eigenvalue weighted by Gasteiger charge is -2.36. The maximum Gasteiger partial charge on any atom is 0.143 e. The van der Waals surface area contributed by atoms with Crippen molar-refractivity contribution in [3.8, 4) is 0 Å². The first-order chi connectivity index (χ1) is 18.6. The van der Waals surface area contributed by atoms with E-state index in [0.29, 0.717) is 19.4 Å². The Kier molecular flexibility index (Phi) is 10.3. The van der Waals surface area contributed by atoms with Gasteiger partial charge in [0.15, 0.2) is 0 Å². The van der Waals surface area contributed by atoms with E-state index >= 15 is 0 Å². The van der Waals surface area contributed by atoms with Crippen LogP contribution in [0.1, 0.15) is 62.1 Å². The van der Waals surface area contributed by atoms with Crippen LogP contribution in [0.3, 0.4) is 0 Å². The lowest BCUT2D eigenvalue weighted by molar-refractivity contribution is -0.00563. The number of hydrogen-bond donors (Lipinski definition) is 3. The topological polar surface area (TPSA) is 69.9 Å². The Bertz CT molecular complexity index is 1000. The SMILES string of the molecule is CCCCC[C@@H](O)/C=C/[C@@H]1[C@@H](CCOC(c2ccccc2)(c2ccccc2)c2ccccc2)[C@H](O)C[C@@H]1O. The van der Waals surface area contributed by atoms with Gasteiger partial charge in [0.05, 0.1) is 18.3 Å². The van der Waals surface area contributed by atoms with Crippen LogP contribution >= 0.6 is 0 Å². The zero-order valence-electron chi connectivity index (χ0n) is 22.4. The minimum Gasteiger partial charge on any atom is -0.393 e. The molecule has 1 saturated carbocycles. The summed E-state index contributed by atoms with van der Waals surface area (Å²) in [5, 5.41) is 31.9. The lowest BCUT2D eigenvalue weighted by Crippen LogP contribution is -2.34. The third kappa shape index (κ3) is 6.62. The van der Waals surface area contributed by atoms with Crippen LogP contribution in [-0.2, 0) is 10.3 Å². The molecule has 3 aromatic carbocycles. The van der Waals surface area contributed by atoms with Crippen LogP contribution in [0, 0.1) is 11.8 Å². The largest absolute Gasteiger partial charge is 0.393 e. The van der Waals surface area contributed by atoms with Crippen molar-refractivity contribution in [3.05, 3.63) is 120 Å². The van der Waals surface area contributed by atoms with Gasteiger partial charge in [-0.25, -0.2) is 0 Å². The van der Waals surface area contributed by atoms with Crippen LogP contribution in [0.15, 0.2) is 103 Å². The first-order valence-electron chi connectivity index (χ1n) is 14.1. The molecule has 3 N–H and O–H groups in total. The second kappa shape index (κ2) is 13.9. The van der Waals surface area contributed by atoms with E-state index in [1.54, 1.807) is 6.08 Å². The maximum absolute atomic E-state index is 10.8. The smallest absolute Gasteiger partial charge is 0.143 e. The zero-order chi connectivity index (χ0) is 26.8. The summed E-state index contributed by atoms with van der Waals surface area (Å²) >= 11 is 0. The molecule has 4 rings (SSSR count). The molecule has 0 aromatic heterocycles. The van der Waals surface area contributed by atoms with E-state index in [-0.39, 0.29) is 11.8 Å². The number of aliphatic hydroxyl groups is 3. The minimum atomic E-state index is -0.813. The van der Waals surface area contributed by atoms with Crippen molar-refractivity contribution in [2.24, 2.45) is 11.8 Å². The average molecular weight is 515 g/mol. The Hall–Kier alpha value is -2.76. The van der Waals surface area contributed by atoms with Crippen LogP contribution in [0.25, 0.3) is 0 Å². The van der Waals surface area contributed by atoms with Crippen LogP contribution in [0.4, 0.5) is 0 Å². The quantitative estimate of drug-likeness (QED) is 0.143. The van der Waals surface area contributed by atoms with Crippen LogP contribution in [-0.4, -0.2) is 40.2 Å². The first kappa shape index (κ1) is 28.3. The zero-order valence-corrected chi connectivity index (χ0v) is 22.4. The molecular weight excluding hydrogens is 472 g/mol. The van der Waals surface area contributed by atoms with Gasteiger partial charge < -0.3 is 20.1 Å². The molecule has 3 aromatic rings. The van der Waals surface area contributed by atoms with Crippen LogP contribution in [0.2, 0.25) is 0 Å². The molecule has 202 valence electrons. The van der Waals surface area contributed by atoms with Gasteiger partial charge in [-0.15, -0.1) is 0 Å². The highest BCUT2D eigenvalue weighted by molar-refractivity contribution is 5.47. The molecule has 0 heterocycles. The molecular formula is C34H42O4. The average Bonchev–Trinajstić information content (AvgIpc) is 3.23. The molecule has 0 spiro atoms. The molecule has 5 atom stereocenters. The predicted molar refractivity (Wildman–Crippen MR) is 153 cm³/mol. The lowest BCUT2D eigenvalue weighted by atomic mass is 9.80. The molecule has 1 aliphatic carbocycles. The molecule has 4 heteroatoms. The number of benzene rings is 3. The summed E-state index contributed by atoms with van der Waals surface area (Å²) < 4.78 is 6.91. The summed E-state index contributed by atoms with van der Waals surface area (Å²) in [4.78, 5) is 0. The molecule has 0 radical (unpaired) electrons. The van der Waals surface area contributed by atoms with Gasteiger partial charge in [0.2, 0.25) is 0 Å². The molecule has 0 saturated heterocycles. The Morgan fingerprint density at radius 3 is 1.84 bits per heavy atom. The van der Waals surface area contributed by atoms with E-state index in [1.807, 2.05) is 60.7 Å². The molecule has 0 amide bonds. The van der Waals surface area contributed by atoms with E-state index in [9.17, 15) is 15.3 Å². The van der Waals surface area contributed by atoms with Crippen molar-refractivity contribution in [3.63, 3.8) is 0 Å². The highest BCUT2D eigenvalue weighted by atomic mass is 16.5. The number of hydrogen-bond acceptors (Lipinski definition) is 4. The van der Waals surface area contributed by atoms with E-state index < -0.39 is 23.9 Å². The predicted octanol–water partition coefficient (Wildman–Crippen LogP) is 6.24. The van der Waals surface area contributed by atoms with Crippen molar-refractivity contribution in [2.45, 2.75) is 69.4 Å². The van der Waals surface area contributed by atoms with Gasteiger partial charge >= 0.3 is 0 Å². The van der Waals surface area contributed by atoms with Gasteiger partial charge in [0, 0.05) is 18.9 Å². The highest BCUT2D eigenvalue weighted by Gasteiger charge is 2.42. The number of rotatable bonds is 13. The Labute approximate surface area is 227 Å². The monoisotopic (exact) mass is 514 g/mol. The number of aliphatic hydroxyl groups excluding tert-OH is 3. The first-order valence-corrected chi connectivity index (χ1v) is 14.1. The van der Waals surface area contributed by atoms with Gasteiger partial charge in [-0.1, -0.05) is 129 Å². The van der Waals surface area contributed by atoms with Crippen molar-refractivity contribution in [2.75, 3.05) is 6.61 Å². The fraction of sp³-hybridized carbons (Fsp3) is 0.412. The summed E-state index contributed by atoms with van der Waals surface area (Å²) in [6, 6.07) is 30.8. The summed E-state index contributed by atoms with van der Waals surface area (Å²) in [6.07, 6.45) is 6.80. The molecule has 0 unspecified atom stereocenters. The van der Waals surface area contributed by atoms with Gasteiger partial charge in [-0.05, 0) is 35.4 Å². The molecule has 0 bridgehead atoms. The molecule has 38 heavy (non-hydrogen) atoms. The van der Waals surface area contributed by atoms with Crippen LogP contribution < -0.4 is 0 Å². The van der Waals surface area contributed by atoms with Crippen molar-refractivity contribution in [1.29, 1.82) is 0 Å². The van der Waals surface area contributed by atoms with E-state index in [1.165, 1.54) is 0 Å². The summed E-state index contributed by atoms with van der Waals surface area (Å²) in [6.45, 7) is 2.55. The Morgan fingerprint density at radius 2 is 1.34 bits per heavy atom. The van der Waals surface area contributed by atoms with E-state index in [0.717, 1.165) is 42.4 Å². The van der Waals surface area contributed by atoms with Gasteiger partial charge in [0.1, 0.15) is 5.60 Å². The molecule has 1 aliphatic rings. The summed E-state index contributed by atoms with van der Waals surface area (Å²) in [7, 11) is 0. The molecule has 1 fully saturated rings. The Balaban J connectivity index is 1.57. The third-order valence-electron chi connectivity index (χ3n) is 7.89.